The SMILES string of the molecule is C[C@]12CC[C@H]3[C@@H](CCC4CCCC[C@@H]43)[C@@H]1CC[C@@H]2C1=CC(=O)OC1. The van der Waals surface area contributed by atoms with E-state index in [9.17, 15) is 4.79 Å². The first-order chi connectivity index (χ1) is 11.7. The minimum atomic E-state index is -0.103. The summed E-state index contributed by atoms with van der Waals surface area (Å²) in [6, 6.07) is 0. The lowest BCUT2D eigenvalue weighted by molar-refractivity contribution is -0.135. The van der Waals surface area contributed by atoms with Crippen molar-refractivity contribution >= 4 is 5.97 Å². The minimum absolute atomic E-state index is 0.103. The fraction of sp³-hybridized carbons (Fsp3) is 0.864. The Bertz CT molecular complexity index is 564. The first-order valence-electron chi connectivity index (χ1n) is 10.5. The number of cyclic esters (lactones) is 1. The lowest BCUT2D eigenvalue weighted by Gasteiger charge is -2.56. The summed E-state index contributed by atoms with van der Waals surface area (Å²) < 4.78 is 5.25. The summed E-state index contributed by atoms with van der Waals surface area (Å²) in [7, 11) is 0. The number of hydrogen-bond acceptors (Lipinski definition) is 2. The molecule has 0 saturated heterocycles. The van der Waals surface area contributed by atoms with Crippen LogP contribution in [0.5, 0.6) is 0 Å². The maximum absolute atomic E-state index is 11.6. The maximum atomic E-state index is 11.6. The predicted octanol–water partition coefficient (Wildman–Crippen LogP) is 5.13. The van der Waals surface area contributed by atoms with Crippen molar-refractivity contribution in [2.24, 2.45) is 40.9 Å². The highest BCUT2D eigenvalue weighted by Crippen LogP contribution is 2.65. The molecule has 1 unspecified atom stereocenters. The normalized spacial score (nSPS) is 50.5. The van der Waals surface area contributed by atoms with Crippen LogP contribution in [0.4, 0.5) is 0 Å². The van der Waals surface area contributed by atoms with E-state index in [1.165, 1.54) is 69.8 Å². The van der Waals surface area contributed by atoms with E-state index < -0.39 is 0 Å². The van der Waals surface area contributed by atoms with Gasteiger partial charge in [-0.2, -0.15) is 0 Å². The molecule has 0 aromatic heterocycles. The third-order valence-electron chi connectivity index (χ3n) is 9.01. The summed E-state index contributed by atoms with van der Waals surface area (Å²) in [5.41, 5.74) is 1.75. The monoisotopic (exact) mass is 328 g/mol. The van der Waals surface area contributed by atoms with E-state index in [1.807, 2.05) is 6.08 Å². The molecule has 132 valence electrons. The summed E-state index contributed by atoms with van der Waals surface area (Å²) in [6.45, 7) is 3.13. The zero-order chi connectivity index (χ0) is 16.3. The smallest absolute Gasteiger partial charge is 0.331 e. The molecule has 0 spiro atoms. The summed E-state index contributed by atoms with van der Waals surface area (Å²) in [5, 5.41) is 0. The topological polar surface area (TPSA) is 26.3 Å². The average molecular weight is 328 g/mol. The van der Waals surface area contributed by atoms with Crippen LogP contribution in [0.1, 0.15) is 71.1 Å². The largest absolute Gasteiger partial charge is 0.458 e. The molecule has 0 N–H and O–H groups in total. The fourth-order valence-corrected chi connectivity index (χ4v) is 8.03. The molecule has 7 atom stereocenters. The second-order valence-corrected chi connectivity index (χ2v) is 9.72. The van der Waals surface area contributed by atoms with Crippen molar-refractivity contribution in [1.82, 2.24) is 0 Å². The predicted molar refractivity (Wildman–Crippen MR) is 94.3 cm³/mol. The standard InChI is InChI=1S/C22H32O2/c1-22-11-10-17-16-5-3-2-4-14(16)6-7-18(17)20(22)9-8-19(22)15-12-21(23)24-13-15/h12,14,16-20H,2-11,13H2,1H3/t14?,16-,17+,18+,19+,20-,22+/m0/s1. The van der Waals surface area contributed by atoms with Gasteiger partial charge in [0.25, 0.3) is 0 Å². The Morgan fingerprint density at radius 1 is 0.958 bits per heavy atom. The molecule has 5 aliphatic rings. The number of rotatable bonds is 1. The number of ether oxygens (including phenoxy) is 1. The van der Waals surface area contributed by atoms with Crippen molar-refractivity contribution in [3.63, 3.8) is 0 Å². The van der Waals surface area contributed by atoms with Crippen molar-refractivity contribution in [1.29, 1.82) is 0 Å². The van der Waals surface area contributed by atoms with Gasteiger partial charge in [-0.3, -0.25) is 0 Å². The molecular formula is C22H32O2. The zero-order valence-electron chi connectivity index (χ0n) is 15.1. The van der Waals surface area contributed by atoms with Gasteiger partial charge in [0.15, 0.2) is 0 Å². The summed E-state index contributed by atoms with van der Waals surface area (Å²) in [5.74, 6) is 5.53. The first-order valence-corrected chi connectivity index (χ1v) is 10.5. The molecule has 2 nitrogen and oxygen atoms in total. The number of fused-ring (bicyclic) bond motifs is 5. The van der Waals surface area contributed by atoms with E-state index in [1.54, 1.807) is 0 Å². The number of carbonyl (C=O) groups excluding carboxylic acids is 1. The van der Waals surface area contributed by atoms with E-state index in [2.05, 4.69) is 6.92 Å². The Hall–Kier alpha value is -0.790. The van der Waals surface area contributed by atoms with Crippen LogP contribution in [0.25, 0.3) is 0 Å². The van der Waals surface area contributed by atoms with Crippen LogP contribution in [0.15, 0.2) is 11.6 Å². The van der Waals surface area contributed by atoms with Crippen LogP contribution < -0.4 is 0 Å². The van der Waals surface area contributed by atoms with Gasteiger partial charge in [0.1, 0.15) is 6.61 Å². The van der Waals surface area contributed by atoms with E-state index in [4.69, 9.17) is 4.74 Å². The number of hydrogen-bond donors (Lipinski definition) is 0. The van der Waals surface area contributed by atoms with E-state index in [0.29, 0.717) is 17.9 Å². The maximum Gasteiger partial charge on any atom is 0.331 e. The molecule has 2 heteroatoms. The molecule has 0 radical (unpaired) electrons. The van der Waals surface area contributed by atoms with Crippen LogP contribution in [0.2, 0.25) is 0 Å². The van der Waals surface area contributed by atoms with Crippen molar-refractivity contribution in [2.75, 3.05) is 6.61 Å². The third-order valence-corrected chi connectivity index (χ3v) is 9.01. The molecule has 4 fully saturated rings. The van der Waals surface area contributed by atoms with Gasteiger partial charge >= 0.3 is 5.97 Å². The van der Waals surface area contributed by atoms with Gasteiger partial charge < -0.3 is 4.74 Å². The van der Waals surface area contributed by atoms with Crippen molar-refractivity contribution in [3.8, 4) is 0 Å². The van der Waals surface area contributed by atoms with E-state index >= 15 is 0 Å². The highest BCUT2D eigenvalue weighted by atomic mass is 16.5. The Kier molecular flexibility index (Phi) is 3.61. The number of carbonyl (C=O) groups is 1. The van der Waals surface area contributed by atoms with E-state index in [0.717, 1.165) is 29.6 Å². The van der Waals surface area contributed by atoms with Crippen LogP contribution in [0, 0.1) is 40.9 Å². The Morgan fingerprint density at radius 2 is 1.83 bits per heavy atom. The summed E-state index contributed by atoms with van der Waals surface area (Å²) in [4.78, 5) is 11.6. The van der Waals surface area contributed by atoms with Gasteiger partial charge in [0.05, 0.1) is 0 Å². The fourth-order valence-electron chi connectivity index (χ4n) is 8.03. The zero-order valence-corrected chi connectivity index (χ0v) is 15.1. The Labute approximate surface area is 146 Å². The van der Waals surface area contributed by atoms with Crippen LogP contribution in [0.3, 0.4) is 0 Å². The lowest BCUT2D eigenvalue weighted by atomic mass is 9.49. The average Bonchev–Trinajstić information content (AvgIpc) is 3.17. The molecule has 5 rings (SSSR count). The van der Waals surface area contributed by atoms with E-state index in [-0.39, 0.29) is 5.97 Å². The summed E-state index contributed by atoms with van der Waals surface area (Å²) >= 11 is 0. The molecule has 0 amide bonds. The minimum Gasteiger partial charge on any atom is -0.458 e. The van der Waals surface area contributed by atoms with Gasteiger partial charge in [-0.05, 0) is 91.4 Å². The quantitative estimate of drug-likeness (QED) is 0.624. The first kappa shape index (κ1) is 15.5. The van der Waals surface area contributed by atoms with Gasteiger partial charge in [0, 0.05) is 6.08 Å². The molecule has 24 heavy (non-hydrogen) atoms. The van der Waals surface area contributed by atoms with Gasteiger partial charge in [-0.25, -0.2) is 4.79 Å². The molecule has 0 aromatic carbocycles. The highest BCUT2D eigenvalue weighted by molar-refractivity contribution is 5.85. The molecule has 4 saturated carbocycles. The van der Waals surface area contributed by atoms with Crippen LogP contribution in [-0.2, 0) is 9.53 Å². The summed E-state index contributed by atoms with van der Waals surface area (Å²) in [6.07, 6.45) is 16.4. The molecule has 4 aliphatic carbocycles. The van der Waals surface area contributed by atoms with Crippen molar-refractivity contribution in [3.05, 3.63) is 11.6 Å². The van der Waals surface area contributed by atoms with Crippen LogP contribution in [-0.4, -0.2) is 12.6 Å². The Morgan fingerprint density at radius 3 is 2.67 bits per heavy atom. The molecule has 1 aliphatic heterocycles. The van der Waals surface area contributed by atoms with Gasteiger partial charge in [0.2, 0.25) is 0 Å². The van der Waals surface area contributed by atoms with Crippen molar-refractivity contribution < 1.29 is 9.53 Å². The highest BCUT2D eigenvalue weighted by Gasteiger charge is 2.57. The lowest BCUT2D eigenvalue weighted by Crippen LogP contribution is -2.48. The molecular weight excluding hydrogens is 296 g/mol. The Balaban J connectivity index is 1.40. The van der Waals surface area contributed by atoms with Crippen molar-refractivity contribution in [2.45, 2.75) is 71.1 Å². The third kappa shape index (κ3) is 2.17. The molecule has 1 heterocycles. The molecule has 0 bridgehead atoms. The van der Waals surface area contributed by atoms with Gasteiger partial charge in [-0.1, -0.05) is 26.2 Å². The number of esters is 1. The van der Waals surface area contributed by atoms with Crippen LogP contribution >= 0.6 is 0 Å². The van der Waals surface area contributed by atoms with Gasteiger partial charge in [-0.15, -0.1) is 0 Å². The second-order valence-electron chi connectivity index (χ2n) is 9.72. The second kappa shape index (κ2) is 5.61. The molecule has 0 aromatic rings.